The molecule has 3 heterocycles. The van der Waals surface area contributed by atoms with Crippen molar-refractivity contribution in [1.82, 2.24) is 30.3 Å². The average Bonchev–Trinajstić information content (AvgIpc) is 3.52. The van der Waals surface area contributed by atoms with E-state index in [2.05, 4.69) is 58.6 Å². The van der Waals surface area contributed by atoms with Gasteiger partial charge in [0.05, 0.1) is 42.3 Å². The molecule has 0 radical (unpaired) electrons. The van der Waals surface area contributed by atoms with E-state index in [1.165, 1.54) is 0 Å². The fourth-order valence-electron chi connectivity index (χ4n) is 5.28. The van der Waals surface area contributed by atoms with Crippen LogP contribution < -0.4 is 25.6 Å². The van der Waals surface area contributed by atoms with Gasteiger partial charge in [0.25, 0.3) is 18.3 Å². The summed E-state index contributed by atoms with van der Waals surface area (Å²) in [5.41, 5.74) is 3.77. The highest BCUT2D eigenvalue weighted by Gasteiger charge is 2.22. The van der Waals surface area contributed by atoms with Gasteiger partial charge >= 0.3 is 0 Å². The second-order valence-electron chi connectivity index (χ2n) is 11.4. The Morgan fingerprint density at radius 2 is 1.92 bits per heavy atom. The molecule has 1 aliphatic rings. The molecule has 1 fully saturated rings. The van der Waals surface area contributed by atoms with Crippen molar-refractivity contribution in [3.63, 3.8) is 0 Å². The summed E-state index contributed by atoms with van der Waals surface area (Å²) >= 11 is 3.56. The monoisotopic (exact) mass is 769 g/mol. The van der Waals surface area contributed by atoms with E-state index in [9.17, 15) is 9.59 Å². The van der Waals surface area contributed by atoms with E-state index < -0.39 is 0 Å². The van der Waals surface area contributed by atoms with E-state index in [1.54, 1.807) is 29.9 Å². The number of anilines is 2. The van der Waals surface area contributed by atoms with Crippen LogP contribution in [0.25, 0.3) is 0 Å². The minimum Gasteiger partial charge on any atom is -0.491 e. The molecule has 3 aromatic rings. The van der Waals surface area contributed by atoms with Gasteiger partial charge in [0.1, 0.15) is 22.9 Å². The molecule has 4 N–H and O–H groups in total. The Hall–Kier alpha value is -4.80. The van der Waals surface area contributed by atoms with E-state index in [1.807, 2.05) is 50.1 Å². The topological polar surface area (TPSA) is 176 Å². The van der Waals surface area contributed by atoms with Crippen LogP contribution in [-0.4, -0.2) is 116 Å². The number of nitrogens with zero attached hydrogens (tertiary/aromatic N) is 6. The third-order valence-corrected chi connectivity index (χ3v) is 8.34. The number of hydrogen-bond acceptors (Lipinski definition) is 11. The number of carboxylic acid groups (broad SMARTS) is 1. The number of morpholine rings is 1. The number of rotatable bonds is 17. The lowest BCUT2D eigenvalue weighted by Crippen LogP contribution is -2.39. The van der Waals surface area contributed by atoms with E-state index in [-0.39, 0.29) is 25.0 Å². The number of aryl methyl sites for hydroxylation is 3. The maximum atomic E-state index is 13.4. The summed E-state index contributed by atoms with van der Waals surface area (Å²) in [4.78, 5) is 47.5. The highest BCUT2D eigenvalue weighted by atomic mass is 79.9. The third kappa shape index (κ3) is 12.5. The fraction of sp³-hybridized carbons (Fsp3) is 0.429. The predicted molar refractivity (Wildman–Crippen MR) is 202 cm³/mol. The molecule has 276 valence electrons. The number of pyridine rings is 1. The lowest BCUT2D eigenvalue weighted by molar-refractivity contribution is -0.122. The number of carbonyl (C=O) groups excluding carboxylic acids is 2. The van der Waals surface area contributed by atoms with Gasteiger partial charge < -0.3 is 35.4 Å². The smallest absolute Gasteiger partial charge is 0.290 e. The normalized spacial score (nSPS) is 12.8. The summed E-state index contributed by atoms with van der Waals surface area (Å²) in [6.07, 6.45) is 6.57. The molecule has 2 aromatic heterocycles. The van der Waals surface area contributed by atoms with Gasteiger partial charge in [-0.3, -0.25) is 29.0 Å². The van der Waals surface area contributed by atoms with Crippen molar-refractivity contribution in [2.24, 2.45) is 4.99 Å². The van der Waals surface area contributed by atoms with Gasteiger partial charge in [-0.05, 0) is 79.7 Å². The molecule has 15 nitrogen and oxygen atoms in total. The van der Waals surface area contributed by atoms with Crippen molar-refractivity contribution in [2.75, 3.05) is 76.5 Å². The standard InChI is InChI=1S/C34H46BrN9O4.CH2O2/c1-6-44-29(19-25(3)41-44)34(46)40-23-43(12-8-7-10-38-32-27(35)18-24(2)22-39-32)31-28(36-4)20-26(33(45)37-5)21-30(31)48-15-9-11-42-13-16-47-17-14-42;2-1-3/h7-8,18-22H,4,6,9-17,23H2,1-3,5H3,(H,37,45)(H,38,39)(H,40,46);1H,(H,2,3)/b8-7+;. The minimum atomic E-state index is -0.269. The van der Waals surface area contributed by atoms with E-state index in [0.717, 1.165) is 60.8 Å². The van der Waals surface area contributed by atoms with Crippen molar-refractivity contribution < 1.29 is 29.0 Å². The molecule has 0 aliphatic carbocycles. The summed E-state index contributed by atoms with van der Waals surface area (Å²) in [6.45, 7) is 15.5. The van der Waals surface area contributed by atoms with Crippen LogP contribution in [0, 0.1) is 13.8 Å². The van der Waals surface area contributed by atoms with E-state index >= 15 is 0 Å². The first kappa shape index (κ1) is 40.6. The second-order valence-corrected chi connectivity index (χ2v) is 12.3. The molecule has 0 bridgehead atoms. The van der Waals surface area contributed by atoms with Gasteiger partial charge in [-0.15, -0.1) is 0 Å². The highest BCUT2D eigenvalue weighted by Crippen LogP contribution is 2.39. The first-order valence-corrected chi connectivity index (χ1v) is 17.4. The minimum absolute atomic E-state index is 0.127. The summed E-state index contributed by atoms with van der Waals surface area (Å²) in [6, 6.07) is 7.17. The van der Waals surface area contributed by atoms with Gasteiger partial charge in [-0.2, -0.15) is 5.10 Å². The van der Waals surface area contributed by atoms with Crippen molar-refractivity contribution >= 4 is 58.1 Å². The van der Waals surface area contributed by atoms with Crippen molar-refractivity contribution in [1.29, 1.82) is 0 Å². The van der Waals surface area contributed by atoms with Gasteiger partial charge in [0, 0.05) is 58.1 Å². The maximum absolute atomic E-state index is 13.4. The SMILES string of the molecule is C=Nc1cc(C(=O)NC)cc(OCCCN2CCOCC2)c1N(C/C=C/CNc1ncc(C)cc1Br)CNC(=O)c1cc(C)nn1CC.O=CO. The Labute approximate surface area is 307 Å². The number of nitrogens with one attached hydrogen (secondary N) is 3. The van der Waals surface area contributed by atoms with Crippen LogP contribution in [0.5, 0.6) is 5.75 Å². The van der Waals surface area contributed by atoms with Gasteiger partial charge in [-0.25, -0.2) is 4.98 Å². The van der Waals surface area contributed by atoms with E-state index in [0.29, 0.717) is 54.6 Å². The van der Waals surface area contributed by atoms with Crippen molar-refractivity contribution in [2.45, 2.75) is 33.7 Å². The zero-order chi connectivity index (χ0) is 37.2. The van der Waals surface area contributed by atoms with Gasteiger partial charge in [-0.1, -0.05) is 12.2 Å². The number of ether oxygens (including phenoxy) is 2. The van der Waals surface area contributed by atoms with Gasteiger partial charge in [0.15, 0.2) is 0 Å². The molecule has 1 aliphatic heterocycles. The van der Waals surface area contributed by atoms with Gasteiger partial charge in [0.2, 0.25) is 0 Å². The lowest BCUT2D eigenvalue weighted by Gasteiger charge is -2.28. The largest absolute Gasteiger partial charge is 0.491 e. The molecule has 0 unspecified atom stereocenters. The molecule has 0 spiro atoms. The molecule has 2 amide bonds. The lowest BCUT2D eigenvalue weighted by atomic mass is 10.1. The first-order valence-electron chi connectivity index (χ1n) is 16.6. The quantitative estimate of drug-likeness (QED) is 0.0513. The van der Waals surface area contributed by atoms with Crippen LogP contribution in [-0.2, 0) is 16.1 Å². The van der Waals surface area contributed by atoms with Crippen LogP contribution >= 0.6 is 15.9 Å². The maximum Gasteiger partial charge on any atom is 0.290 e. The summed E-state index contributed by atoms with van der Waals surface area (Å²) in [7, 11) is 1.58. The zero-order valence-corrected chi connectivity index (χ0v) is 31.2. The van der Waals surface area contributed by atoms with Crippen molar-refractivity contribution in [3.05, 3.63) is 69.6 Å². The van der Waals surface area contributed by atoms with Crippen LogP contribution in [0.3, 0.4) is 0 Å². The molecule has 1 aromatic carbocycles. The first-order chi connectivity index (χ1) is 24.6. The summed E-state index contributed by atoms with van der Waals surface area (Å²) in [5.74, 6) is 0.692. The summed E-state index contributed by atoms with van der Waals surface area (Å²) < 4.78 is 14.4. The number of aliphatic imine (C=N–C) groups is 1. The van der Waals surface area contributed by atoms with E-state index in [4.69, 9.17) is 19.4 Å². The average molecular weight is 771 g/mol. The number of benzene rings is 1. The number of carbonyl (C=O) groups is 3. The summed E-state index contributed by atoms with van der Waals surface area (Å²) in [5, 5.41) is 20.3. The Kier molecular flexibility index (Phi) is 17.1. The molecule has 4 rings (SSSR count). The zero-order valence-electron chi connectivity index (χ0n) is 29.7. The highest BCUT2D eigenvalue weighted by molar-refractivity contribution is 9.10. The molecular formula is C35H48BrN9O6. The Balaban J connectivity index is 0.00000226. The molecule has 16 heteroatoms. The Bertz CT molecular complexity index is 1640. The fourth-order valence-corrected chi connectivity index (χ4v) is 5.88. The Morgan fingerprint density at radius 1 is 1.18 bits per heavy atom. The Morgan fingerprint density at radius 3 is 2.59 bits per heavy atom. The van der Waals surface area contributed by atoms with Crippen LogP contribution in [0.2, 0.25) is 0 Å². The number of amides is 2. The third-order valence-electron chi connectivity index (χ3n) is 7.73. The van der Waals surface area contributed by atoms with Crippen LogP contribution in [0.4, 0.5) is 17.2 Å². The molecular weight excluding hydrogens is 722 g/mol. The molecule has 51 heavy (non-hydrogen) atoms. The number of halogens is 1. The van der Waals surface area contributed by atoms with Crippen LogP contribution in [0.15, 0.2) is 52.1 Å². The second kappa shape index (κ2) is 21.4. The molecule has 0 atom stereocenters. The molecule has 1 saturated heterocycles. The predicted octanol–water partition coefficient (Wildman–Crippen LogP) is 4.03. The number of aromatic nitrogens is 3. The van der Waals surface area contributed by atoms with Crippen LogP contribution in [0.1, 0.15) is 45.4 Å². The number of hydrogen-bond donors (Lipinski definition) is 4. The van der Waals surface area contributed by atoms with Crippen molar-refractivity contribution in [3.8, 4) is 5.75 Å². The molecule has 0 saturated carbocycles.